The smallest absolute Gasteiger partial charge is 0.240 e. The average Bonchev–Trinajstić information content (AvgIpc) is 3.10. The number of thioether (sulfide) groups is 1. The van der Waals surface area contributed by atoms with Crippen LogP contribution >= 0.6 is 11.8 Å². The molecule has 3 aliphatic heterocycles. The van der Waals surface area contributed by atoms with Crippen molar-refractivity contribution in [1.29, 1.82) is 0 Å². The fourth-order valence-corrected chi connectivity index (χ4v) is 4.46. The number of aromatic nitrogens is 3. The first-order valence-electron chi connectivity index (χ1n) is 8.97. The summed E-state index contributed by atoms with van der Waals surface area (Å²) in [7, 11) is 0. The number of hydrogen-bond acceptors (Lipinski definition) is 7. The summed E-state index contributed by atoms with van der Waals surface area (Å²) in [5.41, 5.74) is 1.24. The minimum absolute atomic E-state index is 0.554. The molecule has 2 aromatic rings. The van der Waals surface area contributed by atoms with E-state index in [4.69, 9.17) is 4.52 Å². The van der Waals surface area contributed by atoms with Gasteiger partial charge in [-0.3, -0.25) is 9.88 Å². The predicted molar refractivity (Wildman–Crippen MR) is 98.0 cm³/mol. The van der Waals surface area contributed by atoms with Crippen LogP contribution in [-0.2, 0) is 18.8 Å². The van der Waals surface area contributed by atoms with Gasteiger partial charge in [-0.15, -0.1) is 0 Å². The highest BCUT2D eigenvalue weighted by Gasteiger charge is 2.38. The lowest BCUT2D eigenvalue weighted by molar-refractivity contribution is -0.00660. The molecule has 1 atom stereocenters. The molecule has 25 heavy (non-hydrogen) atoms. The lowest BCUT2D eigenvalue weighted by atomic mass is 9.83. The Balaban J connectivity index is 1.52. The Morgan fingerprint density at radius 2 is 2.20 bits per heavy atom. The van der Waals surface area contributed by atoms with Crippen LogP contribution in [0.1, 0.15) is 30.1 Å². The van der Waals surface area contributed by atoms with Gasteiger partial charge in [-0.2, -0.15) is 16.7 Å². The first kappa shape index (κ1) is 17.0. The van der Waals surface area contributed by atoms with Crippen LogP contribution in [0.3, 0.4) is 0 Å². The SMILES string of the molecule is CSCc1noc(CN(Cc2cccnc2)[C@@H]2CN3CCC2CC3)n1. The number of hydrogen-bond donors (Lipinski definition) is 0. The van der Waals surface area contributed by atoms with E-state index in [1.165, 1.54) is 31.5 Å². The molecule has 0 N–H and O–H groups in total. The molecule has 2 bridgehead atoms. The Labute approximate surface area is 153 Å². The number of nitrogens with zero attached hydrogens (tertiary/aromatic N) is 5. The summed E-state index contributed by atoms with van der Waals surface area (Å²) < 4.78 is 5.51. The van der Waals surface area contributed by atoms with Crippen molar-refractivity contribution in [2.75, 3.05) is 25.9 Å². The summed E-state index contributed by atoms with van der Waals surface area (Å²) in [6.07, 6.45) is 8.44. The van der Waals surface area contributed by atoms with Gasteiger partial charge in [0.05, 0.1) is 12.3 Å². The Bertz CT molecular complexity index is 671. The molecule has 5 heterocycles. The molecular formula is C18H25N5OS. The predicted octanol–water partition coefficient (Wildman–Crippen LogP) is 2.42. The molecule has 3 saturated heterocycles. The lowest BCUT2D eigenvalue weighted by Gasteiger charge is -2.48. The Kier molecular flexibility index (Phi) is 5.33. The van der Waals surface area contributed by atoms with E-state index in [-0.39, 0.29) is 0 Å². The molecule has 2 aromatic heterocycles. The molecule has 0 unspecified atom stereocenters. The maximum atomic E-state index is 5.51. The van der Waals surface area contributed by atoms with Crippen LogP contribution < -0.4 is 0 Å². The Morgan fingerprint density at radius 1 is 1.32 bits per heavy atom. The zero-order chi connectivity index (χ0) is 17.1. The zero-order valence-corrected chi connectivity index (χ0v) is 15.5. The van der Waals surface area contributed by atoms with Gasteiger partial charge in [-0.25, -0.2) is 0 Å². The first-order chi connectivity index (χ1) is 12.3. The van der Waals surface area contributed by atoms with Crippen molar-refractivity contribution in [1.82, 2.24) is 24.9 Å². The molecule has 7 heteroatoms. The number of fused-ring (bicyclic) bond motifs is 3. The third-order valence-corrected chi connectivity index (χ3v) is 5.87. The minimum Gasteiger partial charge on any atom is -0.338 e. The minimum atomic E-state index is 0.554. The molecule has 0 radical (unpaired) electrons. The maximum Gasteiger partial charge on any atom is 0.240 e. The van der Waals surface area contributed by atoms with Crippen molar-refractivity contribution in [2.45, 2.75) is 37.7 Å². The Morgan fingerprint density at radius 3 is 2.88 bits per heavy atom. The third-order valence-electron chi connectivity index (χ3n) is 5.32. The molecular weight excluding hydrogens is 334 g/mol. The van der Waals surface area contributed by atoms with Crippen LogP contribution in [0.2, 0.25) is 0 Å². The van der Waals surface area contributed by atoms with Crippen molar-refractivity contribution in [3.05, 3.63) is 41.8 Å². The number of piperidine rings is 3. The van der Waals surface area contributed by atoms with Gasteiger partial charge in [-0.1, -0.05) is 11.2 Å². The third kappa shape index (κ3) is 4.04. The highest BCUT2D eigenvalue weighted by molar-refractivity contribution is 7.97. The van der Waals surface area contributed by atoms with Crippen LogP contribution in [0.5, 0.6) is 0 Å². The number of pyridine rings is 1. The highest BCUT2D eigenvalue weighted by Crippen LogP contribution is 2.32. The van der Waals surface area contributed by atoms with Gasteiger partial charge in [0.1, 0.15) is 0 Å². The fraction of sp³-hybridized carbons (Fsp3) is 0.611. The molecule has 0 aromatic carbocycles. The molecule has 5 rings (SSSR count). The van der Waals surface area contributed by atoms with Gasteiger partial charge in [0, 0.05) is 31.5 Å². The summed E-state index contributed by atoms with van der Waals surface area (Å²) in [4.78, 5) is 14.0. The first-order valence-corrected chi connectivity index (χ1v) is 10.4. The van der Waals surface area contributed by atoms with E-state index >= 15 is 0 Å². The van der Waals surface area contributed by atoms with Crippen LogP contribution in [-0.4, -0.2) is 56.9 Å². The van der Waals surface area contributed by atoms with Crippen molar-refractivity contribution in [2.24, 2.45) is 5.92 Å². The van der Waals surface area contributed by atoms with E-state index in [1.807, 2.05) is 18.5 Å². The summed E-state index contributed by atoms with van der Waals surface area (Å²) in [5, 5.41) is 4.10. The summed E-state index contributed by atoms with van der Waals surface area (Å²) >= 11 is 1.71. The highest BCUT2D eigenvalue weighted by atomic mass is 32.2. The van der Waals surface area contributed by atoms with E-state index in [9.17, 15) is 0 Å². The molecule has 6 nitrogen and oxygen atoms in total. The van der Waals surface area contributed by atoms with E-state index in [0.717, 1.165) is 36.5 Å². The van der Waals surface area contributed by atoms with Gasteiger partial charge < -0.3 is 9.42 Å². The topological polar surface area (TPSA) is 58.3 Å². The molecule has 3 aliphatic rings. The van der Waals surface area contributed by atoms with Crippen LogP contribution in [0.25, 0.3) is 0 Å². The van der Waals surface area contributed by atoms with E-state index < -0.39 is 0 Å². The van der Waals surface area contributed by atoms with Gasteiger partial charge in [-0.05, 0) is 49.7 Å². The Hall–Kier alpha value is -1.44. The van der Waals surface area contributed by atoms with Gasteiger partial charge in [0.25, 0.3) is 0 Å². The van der Waals surface area contributed by atoms with Crippen molar-refractivity contribution in [3.63, 3.8) is 0 Å². The lowest BCUT2D eigenvalue weighted by Crippen LogP contribution is -2.56. The molecule has 3 fully saturated rings. The zero-order valence-electron chi connectivity index (χ0n) is 14.7. The van der Waals surface area contributed by atoms with Crippen LogP contribution in [0.4, 0.5) is 0 Å². The van der Waals surface area contributed by atoms with E-state index in [2.05, 4.69) is 37.2 Å². The summed E-state index contributed by atoms with van der Waals surface area (Å²) in [6, 6.07) is 4.71. The normalized spacial score (nSPS) is 25.6. The largest absolute Gasteiger partial charge is 0.338 e. The van der Waals surface area contributed by atoms with Crippen molar-refractivity contribution in [3.8, 4) is 0 Å². The quantitative estimate of drug-likeness (QED) is 0.752. The number of rotatable bonds is 7. The summed E-state index contributed by atoms with van der Waals surface area (Å²) in [6.45, 7) is 5.24. The molecule has 0 amide bonds. The van der Waals surface area contributed by atoms with Crippen LogP contribution in [0.15, 0.2) is 29.0 Å². The van der Waals surface area contributed by atoms with Gasteiger partial charge in [0.2, 0.25) is 5.89 Å². The van der Waals surface area contributed by atoms with Gasteiger partial charge in [0.15, 0.2) is 5.82 Å². The molecule has 134 valence electrons. The van der Waals surface area contributed by atoms with Crippen molar-refractivity contribution >= 4 is 11.8 Å². The fourth-order valence-electron chi connectivity index (χ4n) is 4.08. The second-order valence-electron chi connectivity index (χ2n) is 7.01. The summed E-state index contributed by atoms with van der Waals surface area (Å²) in [5.74, 6) is 3.09. The average molecular weight is 359 g/mol. The van der Waals surface area contributed by atoms with E-state index in [1.54, 1.807) is 11.8 Å². The van der Waals surface area contributed by atoms with Crippen molar-refractivity contribution < 1.29 is 4.52 Å². The molecule has 0 spiro atoms. The standard InChI is InChI=1S/C18H25N5OS/c1-25-13-17-20-18(24-21-17)12-23(10-14-3-2-6-19-9-14)16-11-22-7-4-15(16)5-8-22/h2-3,6,9,15-16H,4-5,7-8,10-13H2,1H3/t16-/m1/s1. The van der Waals surface area contributed by atoms with Crippen LogP contribution in [0, 0.1) is 5.92 Å². The van der Waals surface area contributed by atoms with E-state index in [0.29, 0.717) is 12.6 Å². The van der Waals surface area contributed by atoms with Gasteiger partial charge >= 0.3 is 0 Å². The molecule has 0 saturated carbocycles. The second-order valence-corrected chi connectivity index (χ2v) is 7.88. The second kappa shape index (κ2) is 7.85. The molecule has 0 aliphatic carbocycles. The maximum absolute atomic E-state index is 5.51. The monoisotopic (exact) mass is 359 g/mol.